The Morgan fingerprint density at radius 2 is 2.00 bits per heavy atom. The van der Waals surface area contributed by atoms with Crippen LogP contribution in [0.25, 0.3) is 0 Å². The molecule has 0 aromatic heterocycles. The van der Waals surface area contributed by atoms with E-state index in [0.29, 0.717) is 0 Å². The lowest BCUT2D eigenvalue weighted by atomic mass is 10.0. The van der Waals surface area contributed by atoms with Crippen molar-refractivity contribution in [1.29, 1.82) is 0 Å². The fourth-order valence-electron chi connectivity index (χ4n) is 0.887. The lowest BCUT2D eigenvalue weighted by molar-refractivity contribution is 0.499. The van der Waals surface area contributed by atoms with E-state index in [4.69, 9.17) is 0 Å². The van der Waals surface area contributed by atoms with E-state index in [-0.39, 0.29) is 0 Å². The minimum Gasteiger partial charge on any atom is -0.0654 e. The van der Waals surface area contributed by atoms with Gasteiger partial charge in [-0.05, 0) is 5.92 Å². The zero-order chi connectivity index (χ0) is 7.11. The largest absolute Gasteiger partial charge is 0.0654 e. The molecule has 1 unspecified atom stereocenters. The number of hydrogen-bond donors (Lipinski definition) is 0. The van der Waals surface area contributed by atoms with E-state index in [1.807, 2.05) is 0 Å². The molecule has 0 rings (SSSR count). The van der Waals surface area contributed by atoms with Crippen LogP contribution in [0.3, 0.4) is 0 Å². The van der Waals surface area contributed by atoms with E-state index in [1.54, 1.807) is 0 Å². The number of hydrogen-bond acceptors (Lipinski definition) is 0. The van der Waals surface area contributed by atoms with Crippen LogP contribution in [0.15, 0.2) is 0 Å². The Bertz CT molecular complexity index is 48.0. The molecule has 0 saturated carbocycles. The molecule has 0 aromatic carbocycles. The van der Waals surface area contributed by atoms with Gasteiger partial charge in [0.15, 0.2) is 0 Å². The van der Waals surface area contributed by atoms with Crippen LogP contribution in [-0.2, 0) is 0 Å². The average molecular weight is 127 g/mol. The third-order valence-electron chi connectivity index (χ3n) is 1.79. The van der Waals surface area contributed by atoms with Crippen molar-refractivity contribution in [3.63, 3.8) is 0 Å². The van der Waals surface area contributed by atoms with Crippen LogP contribution in [0.2, 0.25) is 0 Å². The second-order valence-corrected chi connectivity index (χ2v) is 2.89. The second kappa shape index (κ2) is 6.12. The topological polar surface area (TPSA) is 0 Å². The van der Waals surface area contributed by atoms with Crippen molar-refractivity contribution in [2.45, 2.75) is 46.0 Å². The number of rotatable bonds is 5. The van der Waals surface area contributed by atoms with E-state index in [1.165, 1.54) is 25.7 Å². The van der Waals surface area contributed by atoms with Gasteiger partial charge in [0.2, 0.25) is 0 Å². The van der Waals surface area contributed by atoms with Gasteiger partial charge in [-0.15, -0.1) is 0 Å². The minimum absolute atomic E-state index is 0.844. The monoisotopic (exact) mass is 127 g/mol. The molecule has 0 N–H and O–H groups in total. The van der Waals surface area contributed by atoms with Gasteiger partial charge in [-0.25, -0.2) is 0 Å². The fraction of sp³-hybridized carbons (Fsp3) is 0.889. The van der Waals surface area contributed by atoms with Crippen molar-refractivity contribution in [2.24, 2.45) is 5.92 Å². The molecule has 0 aliphatic rings. The van der Waals surface area contributed by atoms with Crippen LogP contribution in [0, 0.1) is 12.8 Å². The van der Waals surface area contributed by atoms with Crippen LogP contribution in [-0.4, -0.2) is 0 Å². The lowest BCUT2D eigenvalue weighted by Crippen LogP contribution is -1.90. The molecular formula is C9H19. The zero-order valence-corrected chi connectivity index (χ0v) is 6.82. The fourth-order valence-corrected chi connectivity index (χ4v) is 0.887. The van der Waals surface area contributed by atoms with E-state index in [2.05, 4.69) is 20.8 Å². The first-order valence-corrected chi connectivity index (χ1v) is 4.10. The van der Waals surface area contributed by atoms with Crippen molar-refractivity contribution >= 4 is 0 Å². The van der Waals surface area contributed by atoms with Gasteiger partial charge in [0.25, 0.3) is 0 Å². The highest BCUT2D eigenvalue weighted by Crippen LogP contribution is 2.11. The first kappa shape index (κ1) is 9.00. The molecule has 0 nitrogen and oxygen atoms in total. The molecule has 1 atom stereocenters. The summed E-state index contributed by atoms with van der Waals surface area (Å²) < 4.78 is 0. The highest BCUT2D eigenvalue weighted by molar-refractivity contribution is 4.53. The van der Waals surface area contributed by atoms with E-state index in [9.17, 15) is 0 Å². The third-order valence-corrected chi connectivity index (χ3v) is 1.79. The maximum absolute atomic E-state index is 3.86. The highest BCUT2D eigenvalue weighted by atomic mass is 14.0. The second-order valence-electron chi connectivity index (χ2n) is 2.89. The van der Waals surface area contributed by atoms with Crippen molar-refractivity contribution in [2.75, 3.05) is 0 Å². The molecule has 0 aromatic rings. The van der Waals surface area contributed by atoms with Gasteiger partial charge in [0, 0.05) is 0 Å². The summed E-state index contributed by atoms with van der Waals surface area (Å²) in [6.45, 7) is 8.39. The molecule has 0 heteroatoms. The van der Waals surface area contributed by atoms with Crippen LogP contribution >= 0.6 is 0 Å². The first-order valence-electron chi connectivity index (χ1n) is 4.10. The molecule has 0 bridgehead atoms. The van der Waals surface area contributed by atoms with E-state index < -0.39 is 0 Å². The lowest BCUT2D eigenvalue weighted by Gasteiger charge is -2.05. The van der Waals surface area contributed by atoms with Gasteiger partial charge in [-0.1, -0.05) is 52.9 Å². The Morgan fingerprint density at radius 3 is 2.44 bits per heavy atom. The van der Waals surface area contributed by atoms with E-state index >= 15 is 0 Å². The van der Waals surface area contributed by atoms with E-state index in [0.717, 1.165) is 12.3 Å². The molecular weight excluding hydrogens is 108 g/mol. The molecule has 9 heavy (non-hydrogen) atoms. The van der Waals surface area contributed by atoms with Gasteiger partial charge in [0.1, 0.15) is 0 Å². The van der Waals surface area contributed by atoms with Crippen molar-refractivity contribution < 1.29 is 0 Å². The van der Waals surface area contributed by atoms with Gasteiger partial charge < -0.3 is 0 Å². The average Bonchev–Trinajstić information content (AvgIpc) is 1.89. The summed E-state index contributed by atoms with van der Waals surface area (Å²) in [4.78, 5) is 0. The first-order chi connectivity index (χ1) is 4.31. The molecule has 0 aliphatic heterocycles. The summed E-state index contributed by atoms with van der Waals surface area (Å²) in [7, 11) is 0. The molecule has 0 amide bonds. The SMILES string of the molecule is [CH2]CC(C)CCCCC. The van der Waals surface area contributed by atoms with Crippen molar-refractivity contribution in [3.8, 4) is 0 Å². The predicted molar refractivity (Wildman–Crippen MR) is 43.3 cm³/mol. The quantitative estimate of drug-likeness (QED) is 0.496. The molecule has 1 radical (unpaired) electrons. The maximum atomic E-state index is 3.86. The summed E-state index contributed by atoms with van der Waals surface area (Å²) in [6.07, 6.45) is 6.60. The van der Waals surface area contributed by atoms with Crippen LogP contribution < -0.4 is 0 Å². The number of unbranched alkanes of at least 4 members (excludes halogenated alkanes) is 2. The molecule has 55 valence electrons. The standard InChI is InChI=1S/C9H19/c1-4-6-7-8-9(3)5-2/h9H,2,4-8H2,1,3H3. The zero-order valence-electron chi connectivity index (χ0n) is 6.82. The van der Waals surface area contributed by atoms with Gasteiger partial charge in [-0.3, -0.25) is 0 Å². The summed E-state index contributed by atoms with van der Waals surface area (Å²) >= 11 is 0. The predicted octanol–water partition coefficient (Wildman–Crippen LogP) is 3.43. The van der Waals surface area contributed by atoms with Gasteiger partial charge in [0.05, 0.1) is 0 Å². The maximum Gasteiger partial charge on any atom is -0.0443 e. The Hall–Kier alpha value is 0. The smallest absolute Gasteiger partial charge is 0.0443 e. The Labute approximate surface area is 59.7 Å². The minimum atomic E-state index is 0.844. The molecule has 0 fully saturated rings. The molecule has 0 spiro atoms. The Balaban J connectivity index is 2.88. The van der Waals surface area contributed by atoms with Crippen LogP contribution in [0.4, 0.5) is 0 Å². The summed E-state index contributed by atoms with van der Waals surface area (Å²) in [5.74, 6) is 0.844. The summed E-state index contributed by atoms with van der Waals surface area (Å²) in [6, 6.07) is 0. The van der Waals surface area contributed by atoms with Crippen LogP contribution in [0.1, 0.15) is 46.0 Å². The summed E-state index contributed by atoms with van der Waals surface area (Å²) in [5.41, 5.74) is 0. The highest BCUT2D eigenvalue weighted by Gasteiger charge is 1.95. The molecule has 0 heterocycles. The van der Waals surface area contributed by atoms with Crippen molar-refractivity contribution in [1.82, 2.24) is 0 Å². The third kappa shape index (κ3) is 5.88. The van der Waals surface area contributed by atoms with Gasteiger partial charge >= 0.3 is 0 Å². The Morgan fingerprint density at radius 1 is 1.33 bits per heavy atom. The van der Waals surface area contributed by atoms with Crippen molar-refractivity contribution in [3.05, 3.63) is 6.92 Å². The molecule has 0 saturated heterocycles. The van der Waals surface area contributed by atoms with Gasteiger partial charge in [-0.2, -0.15) is 0 Å². The Kier molecular flexibility index (Phi) is 6.12. The van der Waals surface area contributed by atoms with Crippen LogP contribution in [0.5, 0.6) is 0 Å². The molecule has 0 aliphatic carbocycles. The summed E-state index contributed by atoms with van der Waals surface area (Å²) in [5, 5.41) is 0. The normalized spacial score (nSPS) is 13.7.